The van der Waals surface area contributed by atoms with Gasteiger partial charge in [-0.3, -0.25) is 4.79 Å². The summed E-state index contributed by atoms with van der Waals surface area (Å²) >= 11 is 3.50. The van der Waals surface area contributed by atoms with Crippen molar-refractivity contribution in [2.45, 2.75) is 6.92 Å². The van der Waals surface area contributed by atoms with Gasteiger partial charge in [-0.1, -0.05) is 28.1 Å². The second kappa shape index (κ2) is 8.27. The number of halogens is 1. The van der Waals surface area contributed by atoms with Crippen LogP contribution in [0.5, 0.6) is 0 Å². The van der Waals surface area contributed by atoms with Crippen molar-refractivity contribution >= 4 is 39.4 Å². The lowest BCUT2D eigenvalue weighted by molar-refractivity contribution is -0.111. The van der Waals surface area contributed by atoms with Crippen LogP contribution >= 0.6 is 15.9 Å². The Kier molecular flexibility index (Phi) is 5.83. The van der Waals surface area contributed by atoms with Crippen molar-refractivity contribution in [1.82, 2.24) is 4.98 Å². The molecule has 5 nitrogen and oxygen atoms in total. The lowest BCUT2D eigenvalue weighted by Gasteiger charge is -2.27. The molecule has 2 heterocycles. The van der Waals surface area contributed by atoms with Crippen LogP contribution in [0, 0.1) is 6.92 Å². The lowest BCUT2D eigenvalue weighted by Crippen LogP contribution is -2.36. The smallest absolute Gasteiger partial charge is 0.248 e. The number of nitrogens with one attached hydrogen (secondary N) is 1. The van der Waals surface area contributed by atoms with Gasteiger partial charge in [-0.2, -0.15) is 0 Å². The molecule has 0 radical (unpaired) electrons. The van der Waals surface area contributed by atoms with E-state index in [2.05, 4.69) is 31.1 Å². The number of carbonyl (C=O) groups excluding carboxylic acids is 1. The van der Waals surface area contributed by atoms with E-state index in [9.17, 15) is 4.79 Å². The van der Waals surface area contributed by atoms with Crippen LogP contribution in [-0.4, -0.2) is 37.2 Å². The summed E-state index contributed by atoms with van der Waals surface area (Å²) in [4.78, 5) is 18.7. The standard InChI is InChI=1S/C19H20BrN3O2/c1-14-2-3-15(17(20)12-14)4-7-19(24)22-16-5-6-18(21-13-16)23-8-10-25-11-9-23/h2-7,12-13H,8-11H2,1H3,(H,22,24)/b7-4+. The van der Waals surface area contributed by atoms with Crippen LogP contribution in [0.25, 0.3) is 6.08 Å². The first-order chi connectivity index (χ1) is 12.1. The fourth-order valence-corrected chi connectivity index (χ4v) is 3.18. The van der Waals surface area contributed by atoms with E-state index in [4.69, 9.17) is 4.74 Å². The Morgan fingerprint density at radius 1 is 1.28 bits per heavy atom. The summed E-state index contributed by atoms with van der Waals surface area (Å²) in [5, 5.41) is 2.83. The number of aromatic nitrogens is 1. The molecular weight excluding hydrogens is 382 g/mol. The molecular formula is C19H20BrN3O2. The molecule has 0 spiro atoms. The third-order valence-corrected chi connectivity index (χ3v) is 4.61. The van der Waals surface area contributed by atoms with E-state index in [0.717, 1.165) is 42.2 Å². The molecule has 0 unspecified atom stereocenters. The van der Waals surface area contributed by atoms with Gasteiger partial charge in [-0.05, 0) is 42.3 Å². The fourth-order valence-electron chi connectivity index (χ4n) is 2.56. The Morgan fingerprint density at radius 3 is 2.76 bits per heavy atom. The first kappa shape index (κ1) is 17.6. The number of amides is 1. The maximum atomic E-state index is 12.1. The summed E-state index contributed by atoms with van der Waals surface area (Å²) in [5.41, 5.74) is 2.80. The summed E-state index contributed by atoms with van der Waals surface area (Å²) in [6, 6.07) is 9.79. The molecule has 1 fully saturated rings. The molecule has 1 N–H and O–H groups in total. The summed E-state index contributed by atoms with van der Waals surface area (Å²) in [6.07, 6.45) is 4.98. The first-order valence-corrected chi connectivity index (χ1v) is 8.95. The fraction of sp³-hybridized carbons (Fsp3) is 0.263. The van der Waals surface area contributed by atoms with Gasteiger partial charge in [0.1, 0.15) is 5.82 Å². The van der Waals surface area contributed by atoms with E-state index in [1.165, 1.54) is 11.6 Å². The topological polar surface area (TPSA) is 54.5 Å². The molecule has 1 aromatic heterocycles. The van der Waals surface area contributed by atoms with Crippen molar-refractivity contribution in [2.24, 2.45) is 0 Å². The van der Waals surface area contributed by atoms with Crippen molar-refractivity contribution in [3.63, 3.8) is 0 Å². The molecule has 2 aromatic rings. The van der Waals surface area contributed by atoms with Crippen molar-refractivity contribution in [1.29, 1.82) is 0 Å². The average molecular weight is 402 g/mol. The number of carbonyl (C=O) groups is 1. The van der Waals surface area contributed by atoms with E-state index in [0.29, 0.717) is 5.69 Å². The molecule has 1 saturated heterocycles. The predicted molar refractivity (Wildman–Crippen MR) is 104 cm³/mol. The SMILES string of the molecule is Cc1ccc(/C=C/C(=O)Nc2ccc(N3CCOCC3)nc2)c(Br)c1. The summed E-state index contributed by atoms with van der Waals surface area (Å²) in [5.74, 6) is 0.717. The van der Waals surface area contributed by atoms with Crippen LogP contribution in [0.3, 0.4) is 0 Å². The first-order valence-electron chi connectivity index (χ1n) is 8.16. The Morgan fingerprint density at radius 2 is 2.08 bits per heavy atom. The molecule has 0 atom stereocenters. The monoisotopic (exact) mass is 401 g/mol. The number of pyridine rings is 1. The van der Waals surface area contributed by atoms with E-state index in [-0.39, 0.29) is 5.91 Å². The number of hydrogen-bond acceptors (Lipinski definition) is 4. The van der Waals surface area contributed by atoms with Crippen molar-refractivity contribution < 1.29 is 9.53 Å². The van der Waals surface area contributed by atoms with E-state index in [1.54, 1.807) is 12.3 Å². The molecule has 0 aliphatic carbocycles. The number of nitrogens with zero attached hydrogens (tertiary/aromatic N) is 2. The Hall–Kier alpha value is -2.18. The molecule has 0 saturated carbocycles. The summed E-state index contributed by atoms with van der Waals surface area (Å²) in [7, 11) is 0. The van der Waals surface area contributed by atoms with E-state index >= 15 is 0 Å². The maximum Gasteiger partial charge on any atom is 0.248 e. The number of hydrogen-bond donors (Lipinski definition) is 1. The molecule has 25 heavy (non-hydrogen) atoms. The highest BCUT2D eigenvalue weighted by Crippen LogP contribution is 2.20. The highest BCUT2D eigenvalue weighted by atomic mass is 79.9. The van der Waals surface area contributed by atoms with Crippen molar-refractivity contribution in [3.8, 4) is 0 Å². The molecule has 3 rings (SSSR count). The normalized spacial score (nSPS) is 14.7. The highest BCUT2D eigenvalue weighted by Gasteiger charge is 2.12. The van der Waals surface area contributed by atoms with Crippen molar-refractivity contribution in [2.75, 3.05) is 36.5 Å². The van der Waals surface area contributed by atoms with Crippen LogP contribution in [0.1, 0.15) is 11.1 Å². The van der Waals surface area contributed by atoms with E-state index < -0.39 is 0 Å². The molecule has 130 valence electrons. The van der Waals surface area contributed by atoms with Gasteiger partial charge >= 0.3 is 0 Å². The largest absolute Gasteiger partial charge is 0.378 e. The third-order valence-electron chi connectivity index (χ3n) is 3.92. The number of aryl methyl sites for hydroxylation is 1. The zero-order valence-corrected chi connectivity index (χ0v) is 15.6. The molecule has 6 heteroatoms. The number of anilines is 2. The molecule has 0 bridgehead atoms. The summed E-state index contributed by atoms with van der Waals surface area (Å²) < 4.78 is 6.30. The Balaban J connectivity index is 1.59. The zero-order chi connectivity index (χ0) is 17.6. The third kappa shape index (κ3) is 4.90. The number of ether oxygens (including phenoxy) is 1. The predicted octanol–water partition coefficient (Wildman–Crippen LogP) is 3.64. The van der Waals surface area contributed by atoms with Gasteiger partial charge in [0.05, 0.1) is 25.1 Å². The van der Waals surface area contributed by atoms with Crippen molar-refractivity contribution in [3.05, 3.63) is 58.2 Å². The van der Waals surface area contributed by atoms with E-state index in [1.807, 2.05) is 37.3 Å². The molecule has 1 aromatic carbocycles. The zero-order valence-electron chi connectivity index (χ0n) is 14.0. The Labute approximate surface area is 155 Å². The van der Waals surface area contributed by atoms with Gasteiger partial charge in [0.25, 0.3) is 0 Å². The average Bonchev–Trinajstić information content (AvgIpc) is 2.62. The molecule has 1 aliphatic heterocycles. The second-order valence-corrected chi connectivity index (χ2v) is 6.71. The van der Waals surface area contributed by atoms with Crippen LogP contribution in [0.4, 0.5) is 11.5 Å². The highest BCUT2D eigenvalue weighted by molar-refractivity contribution is 9.10. The van der Waals surface area contributed by atoms with Gasteiger partial charge in [0.2, 0.25) is 5.91 Å². The molecule has 1 aliphatic rings. The maximum absolute atomic E-state index is 12.1. The molecule has 1 amide bonds. The minimum atomic E-state index is -0.187. The number of benzene rings is 1. The lowest BCUT2D eigenvalue weighted by atomic mass is 10.1. The van der Waals surface area contributed by atoms with Gasteiger partial charge in [-0.15, -0.1) is 0 Å². The minimum absolute atomic E-state index is 0.187. The van der Waals surface area contributed by atoms with Gasteiger partial charge < -0.3 is 15.0 Å². The summed E-state index contributed by atoms with van der Waals surface area (Å²) in [6.45, 7) is 5.15. The van der Waals surface area contributed by atoms with Crippen LogP contribution in [-0.2, 0) is 9.53 Å². The van der Waals surface area contributed by atoms with Crippen LogP contribution in [0.2, 0.25) is 0 Å². The Bertz CT molecular complexity index is 769. The number of rotatable bonds is 4. The van der Waals surface area contributed by atoms with Gasteiger partial charge in [0, 0.05) is 23.6 Å². The van der Waals surface area contributed by atoms with Crippen LogP contribution < -0.4 is 10.2 Å². The van der Waals surface area contributed by atoms with Crippen LogP contribution in [0.15, 0.2) is 47.1 Å². The quantitative estimate of drug-likeness (QED) is 0.794. The van der Waals surface area contributed by atoms with Gasteiger partial charge in [-0.25, -0.2) is 4.98 Å². The van der Waals surface area contributed by atoms with Gasteiger partial charge in [0.15, 0.2) is 0 Å². The second-order valence-electron chi connectivity index (χ2n) is 5.85. The minimum Gasteiger partial charge on any atom is -0.378 e. The number of morpholine rings is 1.